The lowest BCUT2D eigenvalue weighted by molar-refractivity contribution is -0.119. The zero-order valence-electron chi connectivity index (χ0n) is 17.4. The highest BCUT2D eigenvalue weighted by atomic mass is 16.5. The predicted octanol–water partition coefficient (Wildman–Crippen LogP) is 1.94. The summed E-state index contributed by atoms with van der Waals surface area (Å²) in [5.74, 6) is 0.142. The minimum absolute atomic E-state index is 0.195. The van der Waals surface area contributed by atoms with Crippen molar-refractivity contribution in [3.63, 3.8) is 0 Å². The molecule has 9 heteroatoms. The van der Waals surface area contributed by atoms with E-state index < -0.39 is 6.10 Å². The Morgan fingerprint density at radius 2 is 2.09 bits per heavy atom. The number of nitriles is 1. The van der Waals surface area contributed by atoms with Gasteiger partial charge in [0.05, 0.1) is 18.2 Å². The number of carbonyl (C=O) groups is 1. The van der Waals surface area contributed by atoms with E-state index in [0.717, 1.165) is 11.1 Å². The van der Waals surface area contributed by atoms with Crippen LogP contribution >= 0.6 is 0 Å². The monoisotopic (exact) mass is 430 g/mol. The van der Waals surface area contributed by atoms with E-state index >= 15 is 0 Å². The van der Waals surface area contributed by atoms with Crippen LogP contribution < -0.4 is 21.0 Å². The number of amides is 1. The van der Waals surface area contributed by atoms with Gasteiger partial charge in [0, 0.05) is 18.1 Å². The summed E-state index contributed by atoms with van der Waals surface area (Å²) in [6.07, 6.45) is 2.44. The van der Waals surface area contributed by atoms with Crippen molar-refractivity contribution in [1.29, 1.82) is 5.26 Å². The second kappa shape index (κ2) is 9.45. The van der Waals surface area contributed by atoms with Gasteiger partial charge in [-0.05, 0) is 36.3 Å². The maximum absolute atomic E-state index is 12.4. The van der Waals surface area contributed by atoms with E-state index in [1.165, 1.54) is 11.4 Å². The summed E-state index contributed by atoms with van der Waals surface area (Å²) in [4.78, 5) is 16.7. The molecule has 162 valence electrons. The number of hydrogen-bond acceptors (Lipinski definition) is 8. The van der Waals surface area contributed by atoms with E-state index in [1.54, 1.807) is 6.08 Å². The number of benzene rings is 2. The van der Waals surface area contributed by atoms with Crippen LogP contribution in [0.5, 0.6) is 5.75 Å². The number of pyridine rings is 1. The van der Waals surface area contributed by atoms with E-state index in [0.29, 0.717) is 34.5 Å². The molecule has 2 heterocycles. The lowest BCUT2D eigenvalue weighted by Crippen LogP contribution is -2.50. The number of ether oxygens (including phenoxy) is 1. The number of aromatic nitrogens is 1. The van der Waals surface area contributed by atoms with Gasteiger partial charge in [-0.15, -0.1) is 0 Å². The molecule has 0 unspecified atom stereocenters. The van der Waals surface area contributed by atoms with Crippen molar-refractivity contribution in [3.05, 3.63) is 77.1 Å². The second-order valence-corrected chi connectivity index (χ2v) is 7.06. The molecular formula is C23H22N6O3. The van der Waals surface area contributed by atoms with Gasteiger partial charge < -0.3 is 9.84 Å². The van der Waals surface area contributed by atoms with Crippen molar-refractivity contribution in [2.45, 2.75) is 13.0 Å². The van der Waals surface area contributed by atoms with Crippen molar-refractivity contribution in [1.82, 2.24) is 26.5 Å². The van der Waals surface area contributed by atoms with Crippen molar-refractivity contribution in [2.24, 2.45) is 0 Å². The second-order valence-electron chi connectivity index (χ2n) is 7.06. The fourth-order valence-corrected chi connectivity index (χ4v) is 3.33. The molecule has 1 saturated heterocycles. The molecule has 4 rings (SSSR count). The molecular weight excluding hydrogens is 408 g/mol. The van der Waals surface area contributed by atoms with E-state index in [-0.39, 0.29) is 12.5 Å². The highest BCUT2D eigenvalue weighted by Crippen LogP contribution is 2.29. The first-order chi connectivity index (χ1) is 15.6. The number of aliphatic hydroxyl groups excluding tert-OH is 1. The zero-order chi connectivity index (χ0) is 22.5. The van der Waals surface area contributed by atoms with Crippen LogP contribution in [0.1, 0.15) is 29.7 Å². The standard InChI is InChI=1S/C23H22N6O3/c1-2-32-22-17(12-24)13-25-19-9-8-15(10-18(19)22)11-20-23(31)28-29(27-20)26-14-21(30)16-6-4-3-5-7-16/h3-11,13,21,26-27,30H,2,14H2,1H3,(H,28,31)/b20-11-/t21-/m1/s1. The molecule has 0 aliphatic carbocycles. The summed E-state index contributed by atoms with van der Waals surface area (Å²) >= 11 is 0. The average Bonchev–Trinajstić information content (AvgIpc) is 3.17. The van der Waals surface area contributed by atoms with E-state index in [9.17, 15) is 15.2 Å². The number of carbonyl (C=O) groups excluding carboxylic acids is 1. The van der Waals surface area contributed by atoms with E-state index in [4.69, 9.17) is 4.74 Å². The van der Waals surface area contributed by atoms with Gasteiger partial charge in [-0.25, -0.2) is 5.43 Å². The van der Waals surface area contributed by atoms with Crippen molar-refractivity contribution in [3.8, 4) is 11.8 Å². The minimum Gasteiger partial charge on any atom is -0.492 e. The van der Waals surface area contributed by atoms with Gasteiger partial charge in [0.1, 0.15) is 23.1 Å². The van der Waals surface area contributed by atoms with Crippen LogP contribution in [-0.4, -0.2) is 34.4 Å². The Kier molecular flexibility index (Phi) is 6.28. The SMILES string of the molecule is CCOc1c(C#N)cnc2ccc(/C=C3\NN(NC[C@@H](O)c4ccccc4)NC3=O)cc12. The number of nitrogens with one attached hydrogen (secondary N) is 3. The Labute approximate surface area is 184 Å². The zero-order valence-corrected chi connectivity index (χ0v) is 17.4. The summed E-state index contributed by atoms with van der Waals surface area (Å²) in [7, 11) is 0. The Bertz CT molecular complexity index is 1210. The molecule has 3 aromatic rings. The third-order valence-corrected chi connectivity index (χ3v) is 4.88. The lowest BCUT2D eigenvalue weighted by Gasteiger charge is -2.18. The first kappa shape index (κ1) is 21.3. The fourth-order valence-electron chi connectivity index (χ4n) is 3.33. The normalized spacial score (nSPS) is 15.9. The summed E-state index contributed by atoms with van der Waals surface area (Å²) in [6, 6.07) is 16.8. The Morgan fingerprint density at radius 1 is 1.28 bits per heavy atom. The van der Waals surface area contributed by atoms with Gasteiger partial charge in [-0.2, -0.15) is 5.26 Å². The largest absolute Gasteiger partial charge is 0.492 e. The molecule has 0 bridgehead atoms. The van der Waals surface area contributed by atoms with Crippen LogP contribution in [0.25, 0.3) is 17.0 Å². The Hall–Kier alpha value is -3.97. The third-order valence-electron chi connectivity index (χ3n) is 4.88. The third kappa shape index (κ3) is 4.53. The molecule has 1 aliphatic rings. The van der Waals surface area contributed by atoms with Crippen molar-refractivity contribution in [2.75, 3.05) is 13.2 Å². The highest BCUT2D eigenvalue weighted by Gasteiger charge is 2.24. The molecule has 2 aromatic carbocycles. The molecule has 32 heavy (non-hydrogen) atoms. The Balaban J connectivity index is 1.50. The summed E-state index contributed by atoms with van der Waals surface area (Å²) in [5, 5.41) is 21.6. The number of hydrazine groups is 3. The Morgan fingerprint density at radius 3 is 2.84 bits per heavy atom. The van der Waals surface area contributed by atoms with Crippen LogP contribution in [0.3, 0.4) is 0 Å². The quantitative estimate of drug-likeness (QED) is 0.420. The van der Waals surface area contributed by atoms with Crippen LogP contribution in [0.15, 0.2) is 60.4 Å². The smallest absolute Gasteiger partial charge is 0.285 e. The molecule has 1 amide bonds. The minimum atomic E-state index is -0.734. The van der Waals surface area contributed by atoms with Gasteiger partial charge >= 0.3 is 0 Å². The molecule has 9 nitrogen and oxygen atoms in total. The lowest BCUT2D eigenvalue weighted by atomic mass is 10.1. The maximum Gasteiger partial charge on any atom is 0.285 e. The first-order valence-corrected chi connectivity index (χ1v) is 10.1. The fraction of sp³-hybridized carbons (Fsp3) is 0.174. The van der Waals surface area contributed by atoms with Gasteiger partial charge in [-0.3, -0.25) is 20.6 Å². The number of nitrogens with zero attached hydrogens (tertiary/aromatic N) is 3. The highest BCUT2D eigenvalue weighted by molar-refractivity contribution is 5.99. The molecule has 1 fully saturated rings. The number of fused-ring (bicyclic) bond motifs is 1. The summed E-state index contributed by atoms with van der Waals surface area (Å²) in [5.41, 5.74) is 11.3. The van der Waals surface area contributed by atoms with Crippen molar-refractivity contribution < 1.29 is 14.6 Å². The topological polar surface area (TPSA) is 123 Å². The van der Waals surface area contributed by atoms with Gasteiger partial charge in [0.25, 0.3) is 5.91 Å². The molecule has 0 spiro atoms. The number of aliphatic hydroxyl groups is 1. The van der Waals surface area contributed by atoms with E-state index in [1.807, 2.05) is 55.5 Å². The molecule has 0 radical (unpaired) electrons. The number of hydrogen-bond donors (Lipinski definition) is 4. The molecule has 1 aliphatic heterocycles. The molecule has 0 saturated carbocycles. The van der Waals surface area contributed by atoms with Crippen LogP contribution in [0, 0.1) is 11.3 Å². The maximum atomic E-state index is 12.4. The first-order valence-electron chi connectivity index (χ1n) is 10.1. The van der Waals surface area contributed by atoms with E-state index in [2.05, 4.69) is 27.3 Å². The van der Waals surface area contributed by atoms with Crippen molar-refractivity contribution >= 4 is 22.9 Å². The number of rotatable bonds is 7. The van der Waals surface area contributed by atoms with Gasteiger partial charge in [0.2, 0.25) is 0 Å². The van der Waals surface area contributed by atoms with Crippen LogP contribution in [0.4, 0.5) is 0 Å². The summed E-state index contributed by atoms with van der Waals surface area (Å²) < 4.78 is 5.68. The average molecular weight is 430 g/mol. The molecule has 4 N–H and O–H groups in total. The van der Waals surface area contributed by atoms with Crippen LogP contribution in [-0.2, 0) is 4.79 Å². The molecule has 1 atom stereocenters. The summed E-state index contributed by atoms with van der Waals surface area (Å²) in [6.45, 7) is 2.46. The molecule has 1 aromatic heterocycles. The van der Waals surface area contributed by atoms with Gasteiger partial charge in [-0.1, -0.05) is 41.6 Å². The predicted molar refractivity (Wildman–Crippen MR) is 118 cm³/mol. The van der Waals surface area contributed by atoms with Gasteiger partial charge in [0.15, 0.2) is 0 Å². The van der Waals surface area contributed by atoms with Crippen LogP contribution in [0.2, 0.25) is 0 Å².